The third-order valence-corrected chi connectivity index (χ3v) is 3.16. The van der Waals surface area contributed by atoms with Gasteiger partial charge in [0, 0.05) is 0 Å². The van der Waals surface area contributed by atoms with Crippen molar-refractivity contribution in [2.75, 3.05) is 6.16 Å². The van der Waals surface area contributed by atoms with E-state index in [4.69, 9.17) is 14.7 Å². The van der Waals surface area contributed by atoms with Crippen molar-refractivity contribution in [1.29, 1.82) is 0 Å². The van der Waals surface area contributed by atoms with E-state index in [2.05, 4.69) is 13.8 Å². The first-order chi connectivity index (χ1) is 6.42. The minimum absolute atomic E-state index is 0.164. The highest BCUT2D eigenvalue weighted by atomic mass is 31.2. The van der Waals surface area contributed by atoms with Gasteiger partial charge in [0.1, 0.15) is 6.16 Å². The summed E-state index contributed by atoms with van der Waals surface area (Å²) in [5.41, 5.74) is 0. The van der Waals surface area contributed by atoms with Gasteiger partial charge < -0.3 is 0 Å². The highest BCUT2D eigenvalue weighted by Gasteiger charge is 2.27. The summed E-state index contributed by atoms with van der Waals surface area (Å²) in [4.78, 5) is 26.1. The van der Waals surface area contributed by atoms with Crippen LogP contribution < -0.4 is 0 Å². The molecule has 3 N–H and O–H groups in total. The maximum absolute atomic E-state index is 8.72. The average molecular weight is 223 g/mol. The Balaban J connectivity index is 3.07. The first-order valence-corrected chi connectivity index (χ1v) is 7.31. The zero-order valence-corrected chi connectivity index (χ0v) is 10.2. The van der Waals surface area contributed by atoms with Gasteiger partial charge >= 0.3 is 7.94 Å². The van der Waals surface area contributed by atoms with E-state index in [0.29, 0.717) is 0 Å². The van der Waals surface area contributed by atoms with E-state index in [9.17, 15) is 0 Å². The topological polar surface area (TPSA) is 60.7 Å². The van der Waals surface area contributed by atoms with Crippen LogP contribution in [0.5, 0.6) is 0 Å². The third kappa shape index (κ3) is 12.3. The van der Waals surface area contributed by atoms with Crippen molar-refractivity contribution in [2.45, 2.75) is 52.4 Å². The molecule has 0 rings (SSSR count). The summed E-state index contributed by atoms with van der Waals surface area (Å²) < 4.78 is 0. The van der Waals surface area contributed by atoms with E-state index in [1.165, 1.54) is 19.3 Å². The molecule has 0 bridgehead atoms. The lowest BCUT2D eigenvalue weighted by Gasteiger charge is -2.05. The van der Waals surface area contributed by atoms with E-state index in [1.807, 2.05) is 0 Å². The zero-order chi connectivity index (χ0) is 11.0. The molecule has 0 aliphatic heterocycles. The molecule has 0 aliphatic carbocycles. The Bertz CT molecular complexity index is 132. The summed E-state index contributed by atoms with van der Waals surface area (Å²) in [5.74, 6) is 0.779. The number of rotatable bonds is 8. The van der Waals surface area contributed by atoms with E-state index < -0.39 is 7.94 Å². The van der Waals surface area contributed by atoms with Crippen molar-refractivity contribution < 1.29 is 14.7 Å². The summed E-state index contributed by atoms with van der Waals surface area (Å²) in [7, 11) is -3.49. The molecular weight excluding hydrogens is 199 g/mol. The lowest BCUT2D eigenvalue weighted by molar-refractivity contribution is 0.328. The third-order valence-electron chi connectivity index (χ3n) is 2.24. The molecule has 0 aromatic carbocycles. The monoisotopic (exact) mass is 223 g/mol. The van der Waals surface area contributed by atoms with Crippen LogP contribution in [0.25, 0.3) is 0 Å². The Morgan fingerprint density at radius 1 is 0.857 bits per heavy atom. The van der Waals surface area contributed by atoms with E-state index in [0.717, 1.165) is 25.2 Å². The van der Waals surface area contributed by atoms with Gasteiger partial charge in [-0.3, -0.25) is 0 Å². The highest BCUT2D eigenvalue weighted by molar-refractivity contribution is 7.58. The number of unbranched alkanes of at least 4 members (excludes halogenated alkanes) is 4. The summed E-state index contributed by atoms with van der Waals surface area (Å²) in [5, 5.41) is 0. The Kier molecular flexibility index (Phi) is 7.75. The largest absolute Gasteiger partial charge is 0.403 e. The molecule has 0 saturated heterocycles. The standard InChI is InChI=1S/C10H24O3P/c1-10(2)8-6-4-3-5-7-9-14(11,12)13/h10-13H,3-9H2,1-2H3/q+1. The van der Waals surface area contributed by atoms with Crippen LogP contribution >= 0.6 is 7.94 Å². The molecule has 3 nitrogen and oxygen atoms in total. The fraction of sp³-hybridized carbons (Fsp3) is 1.00. The number of hydrogen-bond acceptors (Lipinski definition) is 3. The van der Waals surface area contributed by atoms with Crippen molar-refractivity contribution in [1.82, 2.24) is 0 Å². The fourth-order valence-electron chi connectivity index (χ4n) is 1.41. The van der Waals surface area contributed by atoms with Gasteiger partial charge in [0.2, 0.25) is 0 Å². The Morgan fingerprint density at radius 3 is 1.86 bits per heavy atom. The molecule has 0 amide bonds. The Hall–Kier alpha value is 0.310. The van der Waals surface area contributed by atoms with Gasteiger partial charge in [-0.05, 0) is 18.8 Å². The maximum Gasteiger partial charge on any atom is 0.403 e. The second-order valence-electron chi connectivity index (χ2n) is 4.37. The quantitative estimate of drug-likeness (QED) is 0.438. The van der Waals surface area contributed by atoms with Crippen molar-refractivity contribution in [2.24, 2.45) is 5.92 Å². The van der Waals surface area contributed by atoms with Gasteiger partial charge in [0.25, 0.3) is 0 Å². The van der Waals surface area contributed by atoms with E-state index in [-0.39, 0.29) is 6.16 Å². The Morgan fingerprint density at radius 2 is 1.36 bits per heavy atom. The van der Waals surface area contributed by atoms with E-state index >= 15 is 0 Å². The molecular formula is C10H24O3P+. The van der Waals surface area contributed by atoms with Crippen LogP contribution in [0.1, 0.15) is 52.4 Å². The predicted octanol–water partition coefficient (Wildman–Crippen LogP) is 2.72. The summed E-state index contributed by atoms with van der Waals surface area (Å²) in [6.45, 7) is 4.45. The van der Waals surface area contributed by atoms with Crippen LogP contribution in [0.3, 0.4) is 0 Å². The van der Waals surface area contributed by atoms with Gasteiger partial charge in [0.15, 0.2) is 0 Å². The molecule has 14 heavy (non-hydrogen) atoms. The lowest BCUT2D eigenvalue weighted by Crippen LogP contribution is -1.95. The average Bonchev–Trinajstić information content (AvgIpc) is 2.00. The maximum atomic E-state index is 8.72. The fourth-order valence-corrected chi connectivity index (χ4v) is 2.05. The van der Waals surface area contributed by atoms with Crippen molar-refractivity contribution in [3.8, 4) is 0 Å². The molecule has 0 atom stereocenters. The minimum Gasteiger partial charge on any atom is -0.193 e. The first-order valence-electron chi connectivity index (χ1n) is 5.48. The lowest BCUT2D eigenvalue weighted by atomic mass is 10.0. The molecule has 0 saturated carbocycles. The molecule has 4 heteroatoms. The van der Waals surface area contributed by atoms with Crippen LogP contribution in [0.4, 0.5) is 0 Å². The van der Waals surface area contributed by atoms with Crippen molar-refractivity contribution >= 4 is 7.94 Å². The van der Waals surface area contributed by atoms with Crippen molar-refractivity contribution in [3.63, 3.8) is 0 Å². The van der Waals surface area contributed by atoms with Gasteiger partial charge in [-0.25, -0.2) is 0 Å². The molecule has 0 aromatic heterocycles. The van der Waals surface area contributed by atoms with Gasteiger partial charge in [0.05, 0.1) is 0 Å². The molecule has 0 heterocycles. The minimum atomic E-state index is -3.49. The van der Waals surface area contributed by atoms with E-state index in [1.54, 1.807) is 0 Å². The van der Waals surface area contributed by atoms with Crippen LogP contribution in [-0.2, 0) is 0 Å². The summed E-state index contributed by atoms with van der Waals surface area (Å²) in [6, 6.07) is 0. The molecule has 0 spiro atoms. The molecule has 0 aromatic rings. The molecule has 0 aliphatic rings. The van der Waals surface area contributed by atoms with Gasteiger partial charge in [-0.1, -0.05) is 39.5 Å². The summed E-state index contributed by atoms with van der Waals surface area (Å²) >= 11 is 0. The summed E-state index contributed by atoms with van der Waals surface area (Å²) in [6.07, 6.45) is 6.75. The predicted molar refractivity (Wildman–Crippen MR) is 61.0 cm³/mol. The zero-order valence-electron chi connectivity index (χ0n) is 9.32. The van der Waals surface area contributed by atoms with Crippen molar-refractivity contribution in [3.05, 3.63) is 0 Å². The molecule has 86 valence electrons. The second kappa shape index (κ2) is 7.58. The molecule has 0 fully saturated rings. The normalized spacial score (nSPS) is 12.4. The first kappa shape index (κ1) is 14.3. The molecule has 0 radical (unpaired) electrons. The van der Waals surface area contributed by atoms with Crippen LogP contribution in [-0.4, -0.2) is 20.8 Å². The Labute approximate surface area is 87.8 Å². The highest BCUT2D eigenvalue weighted by Crippen LogP contribution is 2.45. The van der Waals surface area contributed by atoms with Gasteiger partial charge in [-0.15, -0.1) is 0 Å². The SMILES string of the molecule is CC(C)CCCCCCC[P+](O)(O)O. The van der Waals surface area contributed by atoms with Crippen LogP contribution in [0, 0.1) is 5.92 Å². The second-order valence-corrected chi connectivity index (χ2v) is 6.20. The van der Waals surface area contributed by atoms with Crippen LogP contribution in [0.2, 0.25) is 0 Å². The number of hydrogen-bond donors (Lipinski definition) is 3. The smallest absolute Gasteiger partial charge is 0.193 e. The molecule has 0 unspecified atom stereocenters. The van der Waals surface area contributed by atoms with Gasteiger partial charge in [-0.2, -0.15) is 14.7 Å². The van der Waals surface area contributed by atoms with Crippen LogP contribution in [0.15, 0.2) is 0 Å².